The molecule has 1 heteroatoms. The number of aliphatic hydroxyl groups excluding tert-OH is 1. The molecule has 1 nitrogen and oxygen atoms in total. The first-order chi connectivity index (χ1) is 4.72. The summed E-state index contributed by atoms with van der Waals surface area (Å²) in [6.07, 6.45) is 8.61. The SMILES string of the molecule is C#CC(O)/C(C)=C\CC=C. The van der Waals surface area contributed by atoms with Gasteiger partial charge in [-0.15, -0.1) is 13.0 Å². The summed E-state index contributed by atoms with van der Waals surface area (Å²) < 4.78 is 0. The number of terminal acetylenes is 1. The molecule has 10 heavy (non-hydrogen) atoms. The molecular weight excluding hydrogens is 124 g/mol. The summed E-state index contributed by atoms with van der Waals surface area (Å²) in [6, 6.07) is 0. The molecule has 0 rings (SSSR count). The van der Waals surface area contributed by atoms with Gasteiger partial charge in [-0.1, -0.05) is 18.1 Å². The van der Waals surface area contributed by atoms with Crippen molar-refractivity contribution in [1.29, 1.82) is 0 Å². The fraction of sp³-hybridized carbons (Fsp3) is 0.333. The molecule has 0 amide bonds. The maximum absolute atomic E-state index is 9.01. The lowest BCUT2D eigenvalue weighted by Crippen LogP contribution is -2.03. The van der Waals surface area contributed by atoms with Crippen molar-refractivity contribution in [2.24, 2.45) is 0 Å². The monoisotopic (exact) mass is 136 g/mol. The van der Waals surface area contributed by atoms with Gasteiger partial charge in [0.2, 0.25) is 0 Å². The molecular formula is C9H12O. The van der Waals surface area contributed by atoms with Crippen molar-refractivity contribution in [2.45, 2.75) is 19.4 Å². The Bertz CT molecular complexity index is 172. The zero-order valence-corrected chi connectivity index (χ0v) is 6.17. The maximum Gasteiger partial charge on any atom is 0.135 e. The Kier molecular flexibility index (Phi) is 4.36. The van der Waals surface area contributed by atoms with E-state index in [2.05, 4.69) is 12.5 Å². The molecule has 0 radical (unpaired) electrons. The van der Waals surface area contributed by atoms with E-state index >= 15 is 0 Å². The van der Waals surface area contributed by atoms with E-state index in [0.717, 1.165) is 12.0 Å². The quantitative estimate of drug-likeness (QED) is 0.460. The van der Waals surface area contributed by atoms with Crippen molar-refractivity contribution in [2.75, 3.05) is 0 Å². The summed E-state index contributed by atoms with van der Waals surface area (Å²) in [5, 5.41) is 9.01. The Labute approximate surface area is 62.1 Å². The smallest absolute Gasteiger partial charge is 0.135 e. The van der Waals surface area contributed by atoms with Crippen LogP contribution in [0.1, 0.15) is 13.3 Å². The minimum Gasteiger partial charge on any atom is -0.376 e. The molecule has 0 heterocycles. The van der Waals surface area contributed by atoms with Crippen LogP contribution in [0.25, 0.3) is 0 Å². The lowest BCUT2D eigenvalue weighted by atomic mass is 10.1. The van der Waals surface area contributed by atoms with Crippen LogP contribution in [0, 0.1) is 12.3 Å². The van der Waals surface area contributed by atoms with Crippen LogP contribution in [0.15, 0.2) is 24.3 Å². The molecule has 0 fully saturated rings. The number of hydrogen-bond acceptors (Lipinski definition) is 1. The normalized spacial score (nSPS) is 13.9. The van der Waals surface area contributed by atoms with E-state index in [1.165, 1.54) is 0 Å². The third-order valence-electron chi connectivity index (χ3n) is 1.20. The molecule has 0 aromatic carbocycles. The van der Waals surface area contributed by atoms with Gasteiger partial charge < -0.3 is 5.11 Å². The van der Waals surface area contributed by atoms with Crippen LogP contribution in [0.3, 0.4) is 0 Å². The molecule has 0 aliphatic carbocycles. The molecule has 0 saturated heterocycles. The fourth-order valence-corrected chi connectivity index (χ4v) is 0.512. The molecule has 1 atom stereocenters. The van der Waals surface area contributed by atoms with Crippen LogP contribution in [0.4, 0.5) is 0 Å². The zero-order chi connectivity index (χ0) is 7.98. The van der Waals surface area contributed by atoms with Crippen molar-refractivity contribution < 1.29 is 5.11 Å². The van der Waals surface area contributed by atoms with E-state index in [-0.39, 0.29) is 0 Å². The van der Waals surface area contributed by atoms with E-state index < -0.39 is 6.10 Å². The first kappa shape index (κ1) is 9.00. The lowest BCUT2D eigenvalue weighted by Gasteiger charge is -2.00. The molecule has 0 spiro atoms. The molecule has 0 bridgehead atoms. The predicted octanol–water partition coefficient (Wildman–Crippen LogP) is 1.50. The fourth-order valence-electron chi connectivity index (χ4n) is 0.512. The molecule has 0 aliphatic rings. The number of allylic oxidation sites excluding steroid dienone is 2. The van der Waals surface area contributed by atoms with Gasteiger partial charge in [0.25, 0.3) is 0 Å². The van der Waals surface area contributed by atoms with Gasteiger partial charge in [0, 0.05) is 0 Å². The van der Waals surface area contributed by atoms with Crippen LogP contribution < -0.4 is 0 Å². The summed E-state index contributed by atoms with van der Waals surface area (Å²) in [4.78, 5) is 0. The van der Waals surface area contributed by atoms with Crippen molar-refractivity contribution in [1.82, 2.24) is 0 Å². The van der Waals surface area contributed by atoms with Crippen LogP contribution in [-0.4, -0.2) is 11.2 Å². The summed E-state index contributed by atoms with van der Waals surface area (Å²) in [5.74, 6) is 2.23. The molecule has 0 aromatic heterocycles. The summed E-state index contributed by atoms with van der Waals surface area (Å²) in [6.45, 7) is 5.34. The highest BCUT2D eigenvalue weighted by Crippen LogP contribution is 2.00. The Balaban J connectivity index is 3.94. The molecule has 0 saturated carbocycles. The molecule has 54 valence electrons. The van der Waals surface area contributed by atoms with Gasteiger partial charge in [-0.05, 0) is 18.9 Å². The standard InChI is InChI=1S/C9H12O/c1-4-6-7-8(3)9(10)5-2/h2,4,7,9-10H,1,6H2,3H3/b8-7-. The minimum atomic E-state index is -0.736. The minimum absolute atomic E-state index is 0.736. The van der Waals surface area contributed by atoms with Crippen LogP contribution >= 0.6 is 0 Å². The van der Waals surface area contributed by atoms with Crippen LogP contribution in [-0.2, 0) is 0 Å². The van der Waals surface area contributed by atoms with Crippen molar-refractivity contribution in [3.63, 3.8) is 0 Å². The average molecular weight is 136 g/mol. The topological polar surface area (TPSA) is 20.2 Å². The number of hydrogen-bond donors (Lipinski definition) is 1. The number of rotatable bonds is 3. The van der Waals surface area contributed by atoms with E-state index in [4.69, 9.17) is 11.5 Å². The highest BCUT2D eigenvalue weighted by molar-refractivity contribution is 5.16. The Morgan fingerprint density at radius 2 is 2.50 bits per heavy atom. The van der Waals surface area contributed by atoms with E-state index in [1.54, 1.807) is 13.0 Å². The second kappa shape index (κ2) is 4.84. The molecule has 1 N–H and O–H groups in total. The zero-order valence-electron chi connectivity index (χ0n) is 6.17. The molecule has 0 aliphatic heterocycles. The third-order valence-corrected chi connectivity index (χ3v) is 1.20. The molecule has 0 aromatic rings. The maximum atomic E-state index is 9.01. The first-order valence-corrected chi connectivity index (χ1v) is 3.14. The van der Waals surface area contributed by atoms with Crippen LogP contribution in [0.2, 0.25) is 0 Å². The van der Waals surface area contributed by atoms with E-state index in [1.807, 2.05) is 6.08 Å². The van der Waals surface area contributed by atoms with Gasteiger partial charge in [-0.2, -0.15) is 0 Å². The van der Waals surface area contributed by atoms with Gasteiger partial charge in [-0.3, -0.25) is 0 Å². The van der Waals surface area contributed by atoms with E-state index in [0.29, 0.717) is 0 Å². The number of aliphatic hydroxyl groups is 1. The Morgan fingerprint density at radius 1 is 1.90 bits per heavy atom. The highest BCUT2D eigenvalue weighted by atomic mass is 16.3. The van der Waals surface area contributed by atoms with Gasteiger partial charge in [0.1, 0.15) is 6.10 Å². The second-order valence-electron chi connectivity index (χ2n) is 2.04. The van der Waals surface area contributed by atoms with Gasteiger partial charge in [0.05, 0.1) is 0 Å². The first-order valence-electron chi connectivity index (χ1n) is 3.14. The predicted molar refractivity (Wildman–Crippen MR) is 43.4 cm³/mol. The van der Waals surface area contributed by atoms with E-state index in [9.17, 15) is 0 Å². The van der Waals surface area contributed by atoms with Gasteiger partial charge >= 0.3 is 0 Å². The van der Waals surface area contributed by atoms with Gasteiger partial charge in [0.15, 0.2) is 0 Å². The Morgan fingerprint density at radius 3 is 2.90 bits per heavy atom. The summed E-state index contributed by atoms with van der Waals surface area (Å²) in [5.41, 5.74) is 0.808. The third kappa shape index (κ3) is 3.11. The largest absolute Gasteiger partial charge is 0.376 e. The second-order valence-corrected chi connectivity index (χ2v) is 2.04. The summed E-state index contributed by atoms with van der Waals surface area (Å²) >= 11 is 0. The van der Waals surface area contributed by atoms with Gasteiger partial charge in [-0.25, -0.2) is 0 Å². The highest BCUT2D eigenvalue weighted by Gasteiger charge is 1.97. The summed E-state index contributed by atoms with van der Waals surface area (Å²) in [7, 11) is 0. The lowest BCUT2D eigenvalue weighted by molar-refractivity contribution is 0.268. The average Bonchev–Trinajstić information content (AvgIpc) is 1.98. The van der Waals surface area contributed by atoms with Crippen LogP contribution in [0.5, 0.6) is 0 Å². The van der Waals surface area contributed by atoms with Crippen molar-refractivity contribution >= 4 is 0 Å². The Hall–Kier alpha value is -1.00. The van der Waals surface area contributed by atoms with Crippen molar-refractivity contribution in [3.05, 3.63) is 24.3 Å². The van der Waals surface area contributed by atoms with Crippen molar-refractivity contribution in [3.8, 4) is 12.3 Å². The molecule has 1 unspecified atom stereocenters.